The van der Waals surface area contributed by atoms with Gasteiger partial charge in [-0.3, -0.25) is 9.59 Å². The van der Waals surface area contributed by atoms with Gasteiger partial charge in [0.05, 0.1) is 6.61 Å². The second kappa shape index (κ2) is 46.8. The van der Waals surface area contributed by atoms with Crippen molar-refractivity contribution < 1.29 is 24.2 Å². The largest absolute Gasteiger partial charge is 0.462 e. The minimum atomic E-state index is -0.775. The molecule has 0 aromatic heterocycles. The molecule has 0 radical (unpaired) electrons. The molecule has 0 spiro atoms. The summed E-state index contributed by atoms with van der Waals surface area (Å²) < 4.78 is 10.7. The van der Waals surface area contributed by atoms with Gasteiger partial charge in [-0.25, -0.2) is 0 Å². The van der Waals surface area contributed by atoms with Crippen molar-refractivity contribution in [3.63, 3.8) is 0 Å². The highest BCUT2D eigenvalue weighted by molar-refractivity contribution is 5.70. The number of hydrogen-bond donors (Lipinski definition) is 1. The lowest BCUT2D eigenvalue weighted by atomic mass is 10.0. The molecule has 0 heterocycles. The first kappa shape index (κ1) is 53.4. The molecular weight excluding hydrogens is 681 g/mol. The molecule has 0 aromatic rings. The van der Waals surface area contributed by atoms with Crippen LogP contribution >= 0.6 is 0 Å². The molecule has 1 N–H and O–H groups in total. The van der Waals surface area contributed by atoms with Crippen molar-refractivity contribution in [2.45, 2.75) is 270 Å². The minimum absolute atomic E-state index is 0.0667. The van der Waals surface area contributed by atoms with E-state index in [1.54, 1.807) is 0 Å². The fraction of sp³-hybridized carbons (Fsp3) is 0.880. The summed E-state index contributed by atoms with van der Waals surface area (Å²) in [6.07, 6.45) is 57.0. The zero-order chi connectivity index (χ0) is 40.0. The molecule has 1 unspecified atom stereocenters. The van der Waals surface area contributed by atoms with Crippen molar-refractivity contribution >= 4 is 11.9 Å². The molecule has 0 aliphatic heterocycles. The smallest absolute Gasteiger partial charge is 0.306 e. The van der Waals surface area contributed by atoms with Crippen molar-refractivity contribution in [1.82, 2.24) is 0 Å². The Kier molecular flexibility index (Phi) is 45.4. The Labute approximate surface area is 343 Å². The molecule has 0 bridgehead atoms. The van der Waals surface area contributed by atoms with Gasteiger partial charge in [0.25, 0.3) is 0 Å². The predicted octanol–water partition coefficient (Wildman–Crippen LogP) is 15.8. The number of hydrogen-bond acceptors (Lipinski definition) is 5. The number of aliphatic hydroxyl groups is 1. The van der Waals surface area contributed by atoms with Crippen molar-refractivity contribution in [3.05, 3.63) is 24.3 Å². The van der Waals surface area contributed by atoms with Gasteiger partial charge in [-0.05, 0) is 44.9 Å². The van der Waals surface area contributed by atoms with Gasteiger partial charge >= 0.3 is 11.9 Å². The standard InChI is InChI=1S/C50H94O5/c1-3-5-7-9-11-13-15-17-19-21-22-23-24-25-26-27-28-29-31-32-34-36-38-40-42-44-49(52)54-47-48(46-51)55-50(53)45-43-41-39-37-35-33-30-20-18-16-14-12-10-8-6-4-2/h14,16,20,30,48,51H,3-13,15,17-19,21-29,31-47H2,1-2H3/b16-14-,30-20-. The van der Waals surface area contributed by atoms with Crippen LogP contribution in [0.2, 0.25) is 0 Å². The number of carbonyl (C=O) groups is 2. The highest BCUT2D eigenvalue weighted by atomic mass is 16.6. The molecule has 5 heteroatoms. The van der Waals surface area contributed by atoms with E-state index in [1.807, 2.05) is 0 Å². The van der Waals surface area contributed by atoms with Crippen LogP contribution < -0.4 is 0 Å². The molecule has 0 saturated heterocycles. The number of allylic oxidation sites excluding steroid dienone is 4. The second-order valence-corrected chi connectivity index (χ2v) is 16.5. The second-order valence-electron chi connectivity index (χ2n) is 16.5. The summed E-state index contributed by atoms with van der Waals surface area (Å²) >= 11 is 0. The van der Waals surface area contributed by atoms with Crippen LogP contribution in [0.15, 0.2) is 24.3 Å². The van der Waals surface area contributed by atoms with E-state index in [0.717, 1.165) is 51.4 Å². The average Bonchev–Trinajstić information content (AvgIpc) is 3.19. The van der Waals surface area contributed by atoms with Gasteiger partial charge < -0.3 is 14.6 Å². The maximum absolute atomic E-state index is 12.2. The quantitative estimate of drug-likeness (QED) is 0.0379. The molecule has 0 amide bonds. The summed E-state index contributed by atoms with van der Waals surface area (Å²) in [5.74, 6) is -0.593. The Morgan fingerprint density at radius 3 is 1.09 bits per heavy atom. The van der Waals surface area contributed by atoms with E-state index in [1.165, 1.54) is 186 Å². The van der Waals surface area contributed by atoms with E-state index in [9.17, 15) is 14.7 Å². The molecule has 0 fully saturated rings. The fourth-order valence-corrected chi connectivity index (χ4v) is 7.29. The average molecular weight is 775 g/mol. The van der Waals surface area contributed by atoms with E-state index in [-0.39, 0.29) is 25.2 Å². The fourth-order valence-electron chi connectivity index (χ4n) is 7.29. The molecule has 55 heavy (non-hydrogen) atoms. The van der Waals surface area contributed by atoms with Gasteiger partial charge in [0.2, 0.25) is 0 Å². The predicted molar refractivity (Wildman–Crippen MR) is 238 cm³/mol. The van der Waals surface area contributed by atoms with E-state index in [4.69, 9.17) is 9.47 Å². The van der Waals surface area contributed by atoms with E-state index < -0.39 is 6.10 Å². The van der Waals surface area contributed by atoms with Crippen LogP contribution in [0.25, 0.3) is 0 Å². The van der Waals surface area contributed by atoms with Crippen molar-refractivity contribution in [1.29, 1.82) is 0 Å². The highest BCUT2D eigenvalue weighted by Gasteiger charge is 2.16. The molecule has 0 rings (SSSR count). The van der Waals surface area contributed by atoms with Crippen molar-refractivity contribution in [2.24, 2.45) is 0 Å². The number of unbranched alkanes of at least 4 members (excludes halogenated alkanes) is 33. The molecule has 1 atom stereocenters. The summed E-state index contributed by atoms with van der Waals surface area (Å²) in [5, 5.41) is 9.60. The van der Waals surface area contributed by atoms with E-state index >= 15 is 0 Å². The van der Waals surface area contributed by atoms with Gasteiger partial charge in [-0.2, -0.15) is 0 Å². The highest BCUT2D eigenvalue weighted by Crippen LogP contribution is 2.16. The van der Waals surface area contributed by atoms with Crippen LogP contribution in [0, 0.1) is 0 Å². The number of rotatable bonds is 45. The van der Waals surface area contributed by atoms with E-state index in [2.05, 4.69) is 38.2 Å². The Morgan fingerprint density at radius 1 is 0.418 bits per heavy atom. The molecule has 0 saturated carbocycles. The summed E-state index contributed by atoms with van der Waals surface area (Å²) in [6, 6.07) is 0. The molecule has 5 nitrogen and oxygen atoms in total. The minimum Gasteiger partial charge on any atom is -0.462 e. The van der Waals surface area contributed by atoms with Gasteiger partial charge in [0, 0.05) is 12.8 Å². The third-order valence-electron chi connectivity index (χ3n) is 11.0. The van der Waals surface area contributed by atoms with E-state index in [0.29, 0.717) is 12.8 Å². The molecular formula is C50H94O5. The van der Waals surface area contributed by atoms with Crippen LogP contribution in [0.3, 0.4) is 0 Å². The number of aliphatic hydroxyl groups excluding tert-OH is 1. The normalized spacial score (nSPS) is 12.3. The first-order valence-corrected chi connectivity index (χ1v) is 24.4. The first-order chi connectivity index (χ1) is 27.1. The number of ether oxygens (including phenoxy) is 2. The molecule has 0 aliphatic carbocycles. The Morgan fingerprint density at radius 2 is 0.727 bits per heavy atom. The number of carbonyl (C=O) groups excluding carboxylic acids is 2. The molecule has 324 valence electrons. The third kappa shape index (κ3) is 45.0. The molecule has 0 aromatic carbocycles. The van der Waals surface area contributed by atoms with Gasteiger partial charge in [0.15, 0.2) is 6.10 Å². The maximum atomic E-state index is 12.2. The van der Waals surface area contributed by atoms with Crippen LogP contribution in [0.4, 0.5) is 0 Å². The molecule has 0 aliphatic rings. The maximum Gasteiger partial charge on any atom is 0.306 e. The topological polar surface area (TPSA) is 72.8 Å². The Bertz CT molecular complexity index is 836. The van der Waals surface area contributed by atoms with Crippen LogP contribution in [0.5, 0.6) is 0 Å². The summed E-state index contributed by atoms with van der Waals surface area (Å²) in [6.45, 7) is 4.14. The summed E-state index contributed by atoms with van der Waals surface area (Å²) in [7, 11) is 0. The Balaban J connectivity index is 3.45. The van der Waals surface area contributed by atoms with Gasteiger partial charge in [0.1, 0.15) is 6.61 Å². The van der Waals surface area contributed by atoms with Gasteiger partial charge in [-0.1, -0.05) is 231 Å². The first-order valence-electron chi connectivity index (χ1n) is 24.4. The number of esters is 2. The van der Waals surface area contributed by atoms with Crippen molar-refractivity contribution in [3.8, 4) is 0 Å². The SMILES string of the molecule is CCCCCC/C=C\C/C=C\CCCCCCCC(=O)OC(CO)COC(=O)CCCCCCCCCCCCCCCCCCCCCCCCCCC. The monoisotopic (exact) mass is 775 g/mol. The van der Waals surface area contributed by atoms with Crippen molar-refractivity contribution in [2.75, 3.05) is 13.2 Å². The lowest BCUT2D eigenvalue weighted by Crippen LogP contribution is -2.28. The summed E-state index contributed by atoms with van der Waals surface area (Å²) in [4.78, 5) is 24.4. The Hall–Kier alpha value is -1.62. The zero-order valence-corrected chi connectivity index (χ0v) is 37.0. The summed E-state index contributed by atoms with van der Waals surface area (Å²) in [5.41, 5.74) is 0. The van der Waals surface area contributed by atoms with Crippen LogP contribution in [0.1, 0.15) is 264 Å². The third-order valence-corrected chi connectivity index (χ3v) is 11.0. The van der Waals surface area contributed by atoms with Gasteiger partial charge in [-0.15, -0.1) is 0 Å². The van der Waals surface area contributed by atoms with Crippen LogP contribution in [-0.2, 0) is 19.1 Å². The lowest BCUT2D eigenvalue weighted by molar-refractivity contribution is -0.161. The zero-order valence-electron chi connectivity index (χ0n) is 37.0. The lowest BCUT2D eigenvalue weighted by Gasteiger charge is -2.15. The van der Waals surface area contributed by atoms with Crippen LogP contribution in [-0.4, -0.2) is 36.4 Å².